The SMILES string of the molecule is O=C(O)c1cc(N=C[C@H]2C(=O)NC(=S)N(c3ccc(Cl)cc3)C2=O)ccc1Cl. The predicted octanol–water partition coefficient (Wildman–Crippen LogP) is 3.46. The number of carboxylic acid groups (broad SMARTS) is 1. The molecule has 28 heavy (non-hydrogen) atoms. The van der Waals surface area contributed by atoms with E-state index in [4.69, 9.17) is 40.5 Å². The molecule has 10 heteroatoms. The largest absolute Gasteiger partial charge is 0.478 e. The van der Waals surface area contributed by atoms with Gasteiger partial charge in [0.1, 0.15) is 0 Å². The lowest BCUT2D eigenvalue weighted by molar-refractivity contribution is -0.130. The van der Waals surface area contributed by atoms with E-state index in [0.717, 1.165) is 6.21 Å². The van der Waals surface area contributed by atoms with Crippen molar-refractivity contribution in [2.45, 2.75) is 0 Å². The number of thiocarbonyl (C=S) groups is 1. The first-order valence-electron chi connectivity index (χ1n) is 7.79. The highest BCUT2D eigenvalue weighted by atomic mass is 35.5. The highest BCUT2D eigenvalue weighted by Gasteiger charge is 2.38. The molecule has 1 saturated heterocycles. The van der Waals surface area contributed by atoms with Gasteiger partial charge < -0.3 is 10.4 Å². The number of nitrogens with zero attached hydrogens (tertiary/aromatic N) is 2. The van der Waals surface area contributed by atoms with Crippen molar-refractivity contribution in [2.75, 3.05) is 4.90 Å². The zero-order valence-electron chi connectivity index (χ0n) is 13.9. The van der Waals surface area contributed by atoms with E-state index in [1.54, 1.807) is 24.3 Å². The van der Waals surface area contributed by atoms with E-state index in [2.05, 4.69) is 10.3 Å². The molecule has 3 rings (SSSR count). The van der Waals surface area contributed by atoms with Gasteiger partial charge in [0, 0.05) is 11.2 Å². The van der Waals surface area contributed by atoms with Crippen molar-refractivity contribution in [1.29, 1.82) is 0 Å². The maximum Gasteiger partial charge on any atom is 0.337 e. The second kappa shape index (κ2) is 8.05. The number of anilines is 1. The summed E-state index contributed by atoms with van der Waals surface area (Å²) in [5.74, 6) is -3.68. The summed E-state index contributed by atoms with van der Waals surface area (Å²) in [4.78, 5) is 41.4. The molecular formula is C18H11Cl2N3O4S. The van der Waals surface area contributed by atoms with Gasteiger partial charge >= 0.3 is 5.97 Å². The Labute approximate surface area is 174 Å². The van der Waals surface area contributed by atoms with Gasteiger partial charge in [-0.3, -0.25) is 19.5 Å². The van der Waals surface area contributed by atoms with E-state index in [0.29, 0.717) is 10.7 Å². The molecule has 1 fully saturated rings. The average molecular weight is 436 g/mol. The Kier molecular flexibility index (Phi) is 5.73. The number of benzene rings is 2. The Hall–Kier alpha value is -2.81. The average Bonchev–Trinajstić information content (AvgIpc) is 2.63. The lowest BCUT2D eigenvalue weighted by Gasteiger charge is -2.30. The monoisotopic (exact) mass is 435 g/mol. The zero-order chi connectivity index (χ0) is 20.4. The quantitative estimate of drug-likeness (QED) is 0.435. The molecule has 0 radical (unpaired) electrons. The number of aromatic carboxylic acids is 1. The zero-order valence-corrected chi connectivity index (χ0v) is 16.3. The molecule has 0 unspecified atom stereocenters. The van der Waals surface area contributed by atoms with Crippen molar-refractivity contribution in [3.8, 4) is 0 Å². The Bertz CT molecular complexity index is 1020. The predicted molar refractivity (Wildman–Crippen MR) is 110 cm³/mol. The molecule has 1 heterocycles. The minimum absolute atomic E-state index is 0.0530. The lowest BCUT2D eigenvalue weighted by atomic mass is 10.1. The Morgan fingerprint density at radius 3 is 2.50 bits per heavy atom. The van der Waals surface area contributed by atoms with Gasteiger partial charge in [0.15, 0.2) is 11.0 Å². The van der Waals surface area contributed by atoms with Gasteiger partial charge in [0.05, 0.1) is 22.0 Å². The summed E-state index contributed by atoms with van der Waals surface area (Å²) >= 11 is 16.8. The number of nitrogens with one attached hydrogen (secondary N) is 1. The molecule has 0 aromatic heterocycles. The molecule has 1 aliphatic rings. The van der Waals surface area contributed by atoms with Gasteiger partial charge in [-0.2, -0.15) is 0 Å². The number of carbonyl (C=O) groups excluding carboxylic acids is 2. The third kappa shape index (κ3) is 4.04. The minimum Gasteiger partial charge on any atom is -0.478 e. The first kappa shape index (κ1) is 19.9. The number of carboxylic acids is 1. The fraction of sp³-hybridized carbons (Fsp3) is 0.0556. The van der Waals surface area contributed by atoms with Gasteiger partial charge in [0.2, 0.25) is 5.91 Å². The van der Waals surface area contributed by atoms with Crippen molar-refractivity contribution in [3.63, 3.8) is 0 Å². The highest BCUT2D eigenvalue weighted by Crippen LogP contribution is 2.25. The van der Waals surface area contributed by atoms with Crippen LogP contribution in [0.15, 0.2) is 47.5 Å². The van der Waals surface area contributed by atoms with Crippen LogP contribution in [-0.2, 0) is 9.59 Å². The van der Waals surface area contributed by atoms with Crippen LogP contribution >= 0.6 is 35.4 Å². The normalized spacial score (nSPS) is 17.1. The third-order valence-corrected chi connectivity index (χ3v) is 4.71. The summed E-state index contributed by atoms with van der Waals surface area (Å²) in [5.41, 5.74) is 0.533. The second-order valence-electron chi connectivity index (χ2n) is 5.67. The van der Waals surface area contributed by atoms with E-state index >= 15 is 0 Å². The number of amides is 2. The molecule has 142 valence electrons. The van der Waals surface area contributed by atoms with Crippen LogP contribution in [0.1, 0.15) is 10.4 Å². The molecule has 2 amide bonds. The standard InChI is InChI=1S/C18H11Cl2N3O4S/c19-9-1-4-11(5-2-9)23-16(25)13(15(24)22-18(23)28)8-21-10-3-6-14(20)12(7-10)17(26)27/h1-8,13H,(H,26,27)(H,22,24,28)/t13-/m0/s1. The van der Waals surface area contributed by atoms with E-state index in [9.17, 15) is 14.4 Å². The number of aliphatic imine (C=N–C) groups is 1. The number of hydrogen-bond donors (Lipinski definition) is 2. The molecule has 0 spiro atoms. The van der Waals surface area contributed by atoms with Crippen LogP contribution in [0.2, 0.25) is 10.0 Å². The van der Waals surface area contributed by atoms with Gasteiger partial charge in [-0.25, -0.2) is 4.79 Å². The van der Waals surface area contributed by atoms with E-state index in [-0.39, 0.29) is 21.4 Å². The van der Waals surface area contributed by atoms with Crippen molar-refractivity contribution in [2.24, 2.45) is 10.9 Å². The number of rotatable bonds is 4. The first-order valence-corrected chi connectivity index (χ1v) is 8.95. The fourth-order valence-electron chi connectivity index (χ4n) is 2.47. The number of hydrogen-bond acceptors (Lipinski definition) is 5. The smallest absolute Gasteiger partial charge is 0.337 e. The van der Waals surface area contributed by atoms with Crippen LogP contribution in [0.3, 0.4) is 0 Å². The summed E-state index contributed by atoms with van der Waals surface area (Å²) in [6, 6.07) is 10.5. The van der Waals surface area contributed by atoms with Crippen LogP contribution in [0.25, 0.3) is 0 Å². The summed E-state index contributed by atoms with van der Waals surface area (Å²) in [5, 5.41) is 12.1. The Morgan fingerprint density at radius 1 is 1.18 bits per heavy atom. The van der Waals surface area contributed by atoms with E-state index in [1.807, 2.05) is 0 Å². The minimum atomic E-state index is -1.24. The van der Waals surface area contributed by atoms with E-state index in [1.165, 1.54) is 23.1 Å². The van der Waals surface area contributed by atoms with Crippen molar-refractivity contribution in [3.05, 3.63) is 58.1 Å². The summed E-state index contributed by atoms with van der Waals surface area (Å²) in [6.45, 7) is 0. The van der Waals surface area contributed by atoms with Gasteiger partial charge in [-0.1, -0.05) is 23.2 Å². The third-order valence-electron chi connectivity index (χ3n) is 3.84. The van der Waals surface area contributed by atoms with Gasteiger partial charge in [0.25, 0.3) is 5.91 Å². The van der Waals surface area contributed by atoms with E-state index < -0.39 is 23.7 Å². The fourth-order valence-corrected chi connectivity index (χ4v) is 3.09. The number of carbonyl (C=O) groups is 3. The summed E-state index contributed by atoms with van der Waals surface area (Å²) < 4.78 is 0. The maximum atomic E-state index is 12.8. The maximum absolute atomic E-state index is 12.8. The molecule has 1 aliphatic heterocycles. The Balaban J connectivity index is 1.89. The lowest BCUT2D eigenvalue weighted by Crippen LogP contribution is -2.58. The highest BCUT2D eigenvalue weighted by molar-refractivity contribution is 7.80. The van der Waals surface area contributed by atoms with Crippen LogP contribution in [0, 0.1) is 5.92 Å². The molecule has 1 atom stereocenters. The van der Waals surface area contributed by atoms with Crippen LogP contribution in [-0.4, -0.2) is 34.2 Å². The first-order chi connectivity index (χ1) is 13.3. The van der Waals surface area contributed by atoms with Gasteiger partial charge in [-0.05, 0) is 54.7 Å². The van der Waals surface area contributed by atoms with Crippen LogP contribution < -0.4 is 10.2 Å². The van der Waals surface area contributed by atoms with Crippen LogP contribution in [0.5, 0.6) is 0 Å². The molecule has 0 saturated carbocycles. The van der Waals surface area contributed by atoms with Crippen molar-refractivity contribution in [1.82, 2.24) is 5.32 Å². The summed E-state index contributed by atoms with van der Waals surface area (Å²) in [6.07, 6.45) is 1.14. The molecule has 7 nitrogen and oxygen atoms in total. The molecule has 0 aliphatic carbocycles. The molecule has 2 aromatic rings. The number of halogens is 2. The molecule has 2 aromatic carbocycles. The van der Waals surface area contributed by atoms with Crippen molar-refractivity contribution < 1.29 is 19.5 Å². The van der Waals surface area contributed by atoms with Crippen molar-refractivity contribution >= 4 is 75.9 Å². The molecule has 2 N–H and O–H groups in total. The molecule has 0 bridgehead atoms. The second-order valence-corrected chi connectivity index (χ2v) is 6.90. The summed E-state index contributed by atoms with van der Waals surface area (Å²) in [7, 11) is 0. The Morgan fingerprint density at radius 2 is 1.86 bits per heavy atom. The van der Waals surface area contributed by atoms with Gasteiger partial charge in [-0.15, -0.1) is 0 Å². The molecular weight excluding hydrogens is 425 g/mol. The topological polar surface area (TPSA) is 99.1 Å². The van der Waals surface area contributed by atoms with Crippen LogP contribution in [0.4, 0.5) is 11.4 Å².